The molecule has 3 heteroatoms. The number of rotatable bonds is 29. The lowest BCUT2D eigenvalue weighted by molar-refractivity contribution is -0.928. The highest BCUT2D eigenvalue weighted by atomic mass is 15.4. The van der Waals surface area contributed by atoms with Crippen molar-refractivity contribution in [2.24, 2.45) is 0 Å². The van der Waals surface area contributed by atoms with Crippen LogP contribution in [0.5, 0.6) is 0 Å². The van der Waals surface area contributed by atoms with E-state index in [0.717, 1.165) is 0 Å². The second-order valence-corrected chi connectivity index (χ2v) is 14.6. The van der Waals surface area contributed by atoms with Crippen LogP contribution in [-0.4, -0.2) is 94.5 Å². The quantitative estimate of drug-likeness (QED) is 0.0654. The van der Waals surface area contributed by atoms with Gasteiger partial charge in [-0.25, -0.2) is 0 Å². The highest BCUT2D eigenvalue weighted by Gasteiger charge is 2.25. The van der Waals surface area contributed by atoms with Crippen molar-refractivity contribution < 1.29 is 13.4 Å². The maximum Gasteiger partial charge on any atom is 0.0839 e. The van der Waals surface area contributed by atoms with Crippen LogP contribution in [0.4, 0.5) is 0 Å². The van der Waals surface area contributed by atoms with Gasteiger partial charge in [-0.2, -0.15) is 0 Å². The van der Waals surface area contributed by atoms with Crippen LogP contribution in [0.25, 0.3) is 0 Å². The Kier molecular flexibility index (Phi) is 23.5. The molecule has 0 saturated heterocycles. The third kappa shape index (κ3) is 23.7. The fraction of sp³-hybridized carbons (Fsp3) is 1.00. The van der Waals surface area contributed by atoms with Crippen LogP contribution in [0.3, 0.4) is 0 Å². The standard InChI is InChI=1S/C35H78N3/c1-9-12-15-18-21-24-29-36(4,5)31-27-34-38(8,33-26-23-20-17-14-11-3)35-28-32-37(6,7)30-25-22-19-16-13-10-2/h9-35H2,1-8H3/q+3. The third-order valence-electron chi connectivity index (χ3n) is 9.21. The average molecular weight is 541 g/mol. The summed E-state index contributed by atoms with van der Waals surface area (Å²) < 4.78 is 3.74. The second-order valence-electron chi connectivity index (χ2n) is 14.6. The van der Waals surface area contributed by atoms with Crippen LogP contribution < -0.4 is 0 Å². The minimum atomic E-state index is 1.22. The molecule has 230 valence electrons. The van der Waals surface area contributed by atoms with E-state index in [1.165, 1.54) is 188 Å². The molecule has 0 fully saturated rings. The summed E-state index contributed by atoms with van der Waals surface area (Å²) in [4.78, 5) is 0. The molecule has 0 saturated carbocycles. The molecule has 0 aliphatic carbocycles. The van der Waals surface area contributed by atoms with E-state index in [0.29, 0.717) is 0 Å². The first-order valence-corrected chi connectivity index (χ1v) is 17.6. The van der Waals surface area contributed by atoms with E-state index >= 15 is 0 Å². The number of nitrogens with zero attached hydrogens (tertiary/aromatic N) is 3. The van der Waals surface area contributed by atoms with Gasteiger partial charge in [0.25, 0.3) is 0 Å². The lowest BCUT2D eigenvalue weighted by Crippen LogP contribution is -2.50. The molecule has 0 unspecified atom stereocenters. The van der Waals surface area contributed by atoms with Crippen LogP contribution in [0.15, 0.2) is 0 Å². The fourth-order valence-electron chi connectivity index (χ4n) is 6.23. The monoisotopic (exact) mass is 541 g/mol. The van der Waals surface area contributed by atoms with Crippen LogP contribution in [0.2, 0.25) is 0 Å². The Bertz CT molecular complexity index is 465. The number of hydrogen-bond donors (Lipinski definition) is 0. The van der Waals surface area contributed by atoms with Gasteiger partial charge in [-0.05, 0) is 38.5 Å². The molecule has 0 aliphatic rings. The van der Waals surface area contributed by atoms with Crippen molar-refractivity contribution >= 4 is 0 Å². The van der Waals surface area contributed by atoms with Crippen molar-refractivity contribution in [1.29, 1.82) is 0 Å². The van der Waals surface area contributed by atoms with Crippen LogP contribution >= 0.6 is 0 Å². The lowest BCUT2D eigenvalue weighted by atomic mass is 10.1. The number of hydrogen-bond acceptors (Lipinski definition) is 0. The van der Waals surface area contributed by atoms with Crippen LogP contribution in [0, 0.1) is 0 Å². The molecule has 0 aromatic rings. The molecule has 0 bridgehead atoms. The topological polar surface area (TPSA) is 0 Å². The van der Waals surface area contributed by atoms with Gasteiger partial charge in [-0.3, -0.25) is 0 Å². The van der Waals surface area contributed by atoms with Crippen molar-refractivity contribution in [3.8, 4) is 0 Å². The summed E-state index contributed by atoms with van der Waals surface area (Å²) in [5, 5.41) is 0. The Hall–Kier alpha value is -0.120. The van der Waals surface area contributed by atoms with Crippen LogP contribution in [-0.2, 0) is 0 Å². The summed E-state index contributed by atoms with van der Waals surface area (Å²) >= 11 is 0. The first kappa shape index (κ1) is 37.9. The molecule has 0 N–H and O–H groups in total. The molecule has 38 heavy (non-hydrogen) atoms. The first-order valence-electron chi connectivity index (χ1n) is 17.6. The molecular formula is C35H78N3+3. The van der Waals surface area contributed by atoms with Gasteiger partial charge in [0.05, 0.1) is 81.1 Å². The number of unbranched alkanes of at least 4 members (excludes halogenated alkanes) is 15. The van der Waals surface area contributed by atoms with Gasteiger partial charge < -0.3 is 13.4 Å². The highest BCUT2D eigenvalue weighted by Crippen LogP contribution is 2.16. The molecule has 0 aromatic carbocycles. The fourth-order valence-corrected chi connectivity index (χ4v) is 6.23. The maximum absolute atomic E-state index is 2.59. The summed E-state index contributed by atoms with van der Waals surface area (Å²) in [6.07, 6.45) is 28.3. The Labute approximate surface area is 243 Å². The van der Waals surface area contributed by atoms with Crippen molar-refractivity contribution in [3.05, 3.63) is 0 Å². The zero-order valence-electron chi connectivity index (χ0n) is 28.4. The molecule has 0 spiro atoms. The molecule has 0 heterocycles. The molecular weight excluding hydrogens is 462 g/mol. The van der Waals surface area contributed by atoms with Crippen LogP contribution in [0.1, 0.15) is 149 Å². The first-order chi connectivity index (χ1) is 18.1. The minimum Gasteiger partial charge on any atom is -0.328 e. The van der Waals surface area contributed by atoms with E-state index < -0.39 is 0 Å². The zero-order valence-corrected chi connectivity index (χ0v) is 28.4. The molecule has 0 amide bonds. The van der Waals surface area contributed by atoms with E-state index in [2.05, 4.69) is 56.0 Å². The van der Waals surface area contributed by atoms with E-state index in [1.807, 2.05) is 0 Å². The molecule has 0 aliphatic heterocycles. The van der Waals surface area contributed by atoms with E-state index in [-0.39, 0.29) is 0 Å². The Balaban J connectivity index is 4.57. The van der Waals surface area contributed by atoms with Crippen molar-refractivity contribution in [3.63, 3.8) is 0 Å². The van der Waals surface area contributed by atoms with Crippen molar-refractivity contribution in [2.45, 2.75) is 149 Å². The Morgan fingerprint density at radius 3 is 0.842 bits per heavy atom. The largest absolute Gasteiger partial charge is 0.328 e. The molecule has 0 rings (SSSR count). The second kappa shape index (κ2) is 23.6. The third-order valence-corrected chi connectivity index (χ3v) is 9.21. The van der Waals surface area contributed by atoms with Gasteiger partial charge in [0, 0.05) is 12.8 Å². The average Bonchev–Trinajstić information content (AvgIpc) is 2.85. The zero-order chi connectivity index (χ0) is 28.6. The van der Waals surface area contributed by atoms with Gasteiger partial charge >= 0.3 is 0 Å². The van der Waals surface area contributed by atoms with Gasteiger partial charge in [0.2, 0.25) is 0 Å². The lowest BCUT2D eigenvalue weighted by Gasteiger charge is -2.38. The Morgan fingerprint density at radius 2 is 0.500 bits per heavy atom. The van der Waals surface area contributed by atoms with E-state index in [9.17, 15) is 0 Å². The van der Waals surface area contributed by atoms with E-state index in [4.69, 9.17) is 0 Å². The predicted molar refractivity (Wildman–Crippen MR) is 174 cm³/mol. The molecule has 0 radical (unpaired) electrons. The normalized spacial score (nSPS) is 12.9. The minimum absolute atomic E-state index is 1.22. The van der Waals surface area contributed by atoms with Crippen molar-refractivity contribution in [1.82, 2.24) is 0 Å². The summed E-state index contributed by atoms with van der Waals surface area (Å²) in [5.41, 5.74) is 0. The van der Waals surface area contributed by atoms with Gasteiger partial charge in [-0.1, -0.05) is 97.8 Å². The van der Waals surface area contributed by atoms with Crippen molar-refractivity contribution in [2.75, 3.05) is 81.1 Å². The molecule has 0 aromatic heterocycles. The summed E-state index contributed by atoms with van der Waals surface area (Å²) in [6.45, 7) is 16.5. The maximum atomic E-state index is 2.59. The van der Waals surface area contributed by atoms with Gasteiger partial charge in [0.15, 0.2) is 0 Å². The molecule has 3 nitrogen and oxygen atoms in total. The smallest absolute Gasteiger partial charge is 0.0839 e. The summed E-state index contributed by atoms with van der Waals surface area (Å²) in [7, 11) is 12.5. The SMILES string of the molecule is CCCCCCCC[N+](C)(C)CCC[N+](C)(CCCCCCCC)CCC[N+](C)(C)CCCCCCCC. The summed E-state index contributed by atoms with van der Waals surface area (Å²) in [5.74, 6) is 0. The molecule has 0 atom stereocenters. The predicted octanol–water partition coefficient (Wildman–Crippen LogP) is 9.45. The highest BCUT2D eigenvalue weighted by molar-refractivity contribution is 4.51. The number of quaternary nitrogens is 3. The van der Waals surface area contributed by atoms with E-state index in [1.54, 1.807) is 0 Å². The summed E-state index contributed by atoms with van der Waals surface area (Å²) in [6, 6.07) is 0. The van der Waals surface area contributed by atoms with Gasteiger partial charge in [-0.15, -0.1) is 0 Å². The Morgan fingerprint density at radius 1 is 0.263 bits per heavy atom. The van der Waals surface area contributed by atoms with Gasteiger partial charge in [0.1, 0.15) is 0 Å².